The third-order valence-electron chi connectivity index (χ3n) is 16.6. The Labute approximate surface area is 598 Å². The van der Waals surface area contributed by atoms with Gasteiger partial charge in [-0.1, -0.05) is 6.92 Å². The number of carbonyl (C=O) groups excluding carboxylic acids is 8. The molecule has 4 aromatic rings. The predicted molar refractivity (Wildman–Crippen MR) is 363 cm³/mol. The van der Waals surface area contributed by atoms with Crippen LogP contribution in [-0.4, -0.2) is 282 Å². The molecule has 0 radical (unpaired) electrons. The zero-order valence-corrected chi connectivity index (χ0v) is 58.6. The number of hydrogen-bond donors (Lipinski definition) is 23. The Morgan fingerprint density at radius 2 is 1.39 bits per heavy atom. The monoisotopic (exact) mass is 1500 g/mol. The topological polar surface area (TPSA) is 677 Å². The largest absolute Gasteiger partial charge is 0.441 e. The first-order valence-corrected chi connectivity index (χ1v) is 34.8. The maximum atomic E-state index is 15.2. The Bertz CT molecular complexity index is 3400. The molecule has 0 spiro atoms. The van der Waals surface area contributed by atoms with E-state index in [1.807, 2.05) is 0 Å². The lowest BCUT2D eigenvalue weighted by atomic mass is 9.96. The van der Waals surface area contributed by atoms with E-state index in [4.69, 9.17) is 58.1 Å². The number of nitrogen functional groups attached to an aromatic ring is 1. The van der Waals surface area contributed by atoms with Crippen LogP contribution in [0.1, 0.15) is 108 Å². The summed E-state index contributed by atoms with van der Waals surface area (Å²) in [6.07, 6.45) is -21.4. The zero-order chi connectivity index (χ0) is 75.8. The third kappa shape index (κ3) is 24.1. The zero-order valence-electron chi connectivity index (χ0n) is 57.0. The second-order valence-corrected chi connectivity index (χ2v) is 26.3. The Balaban J connectivity index is 1.19. The first kappa shape index (κ1) is 84.2. The summed E-state index contributed by atoms with van der Waals surface area (Å²) in [5.74, 6) is -8.73. The Kier molecular flexibility index (Phi) is 33.6. The Morgan fingerprint density at radius 1 is 0.718 bits per heavy atom. The number of primary amides is 3. The molecule has 10 unspecified atom stereocenters. The second kappa shape index (κ2) is 41.1. The number of anilines is 1. The number of nitrogens with two attached hydrogens (primary N) is 6. The van der Waals surface area contributed by atoms with Gasteiger partial charge in [0.2, 0.25) is 29.5 Å². The highest BCUT2D eigenvalue weighted by Gasteiger charge is 2.54. The summed E-state index contributed by atoms with van der Waals surface area (Å²) in [6, 6.07) is -7.87. The molecule has 2 aliphatic heterocycles. The summed E-state index contributed by atoms with van der Waals surface area (Å²) in [5.41, 5.74) is 33.6. The van der Waals surface area contributed by atoms with Gasteiger partial charge in [0, 0.05) is 48.8 Å². The fourth-order valence-corrected chi connectivity index (χ4v) is 12.2. The van der Waals surface area contributed by atoms with E-state index in [2.05, 4.69) is 72.4 Å². The summed E-state index contributed by atoms with van der Waals surface area (Å²) >= 11 is 2.51. The molecular formula is C60H96N20O21S2. The molecule has 0 aromatic carbocycles. The van der Waals surface area contributed by atoms with Crippen LogP contribution in [0.3, 0.4) is 0 Å². The number of H-pyrrole nitrogens is 1. The lowest BCUT2D eigenvalue weighted by Gasteiger charge is -2.47. The van der Waals surface area contributed by atoms with Crippen molar-refractivity contribution >= 4 is 75.9 Å². The van der Waals surface area contributed by atoms with Crippen molar-refractivity contribution in [2.24, 2.45) is 34.6 Å². The second-order valence-electron chi connectivity index (χ2n) is 24.5. The Hall–Kier alpha value is -7.77. The lowest BCUT2D eigenvalue weighted by molar-refractivity contribution is -0.372. The van der Waals surface area contributed by atoms with Crippen molar-refractivity contribution in [2.45, 2.75) is 176 Å². The van der Waals surface area contributed by atoms with Crippen LogP contribution in [0, 0.1) is 12.8 Å². The smallest absolute Gasteiger partial charge is 0.404 e. The molecule has 4 aromatic heterocycles. The average molecular weight is 1500 g/mol. The number of imidazole rings is 1. The average Bonchev–Trinajstić information content (AvgIpc) is 1.26. The number of unbranched alkanes of at least 4 members (excludes halogenated alkanes) is 1. The first-order valence-electron chi connectivity index (χ1n) is 33.1. The van der Waals surface area contributed by atoms with Gasteiger partial charge < -0.3 is 146 Å². The van der Waals surface area contributed by atoms with Gasteiger partial charge >= 0.3 is 6.09 Å². The number of ether oxygens (including phenoxy) is 5. The van der Waals surface area contributed by atoms with Gasteiger partial charge in [-0.25, -0.2) is 29.7 Å². The number of aliphatic hydroxyl groups is 8. The number of carbonyl (C=O) groups is 8. The SMILES string of the molecule is Cc1c(N)nc([C@H](CC(N)=O)NC[C@H](N)C(N)=O)nc1C(=O)N[C@H](C(=O)N[C@H](C)[C@@H](O)[C@H](C)C(=O)N[C@H](C(=O)NCCc1nc(-c2nc(C(=O)NCCCNCCCCNCCCN)cs2)cs1)[C@@H](C)O)[C@@H](OC1OC(CO)C(O)C(O)C1OC1OC(CO)C(O)C(OC(N)=O)C1O)c1cnc[nH]1. The molecule has 6 heterocycles. The highest BCUT2D eigenvalue weighted by Crippen LogP contribution is 2.35. The molecule has 574 valence electrons. The van der Waals surface area contributed by atoms with Crippen molar-refractivity contribution in [1.29, 1.82) is 0 Å². The molecule has 43 heteroatoms. The van der Waals surface area contributed by atoms with E-state index >= 15 is 4.79 Å². The van der Waals surface area contributed by atoms with Crippen molar-refractivity contribution in [1.82, 2.24) is 72.4 Å². The normalized spacial score (nSPS) is 23.1. The number of nitrogens with one attached hydrogen (secondary N) is 9. The molecule has 2 aliphatic rings. The van der Waals surface area contributed by atoms with Gasteiger partial charge in [0.05, 0.1) is 72.7 Å². The van der Waals surface area contributed by atoms with Crippen LogP contribution in [0.25, 0.3) is 10.7 Å². The minimum Gasteiger partial charge on any atom is -0.441 e. The van der Waals surface area contributed by atoms with Crippen LogP contribution in [-0.2, 0) is 54.1 Å². The number of aromatic nitrogens is 6. The van der Waals surface area contributed by atoms with Crippen molar-refractivity contribution in [3.05, 3.63) is 56.8 Å². The number of aliphatic hydroxyl groups excluding tert-OH is 8. The molecule has 41 nitrogen and oxygen atoms in total. The van der Waals surface area contributed by atoms with E-state index in [9.17, 15) is 74.4 Å². The minimum absolute atomic E-state index is 0.0146. The van der Waals surface area contributed by atoms with Crippen LogP contribution in [0.2, 0.25) is 0 Å². The van der Waals surface area contributed by atoms with Gasteiger partial charge in [-0.15, -0.1) is 22.7 Å². The molecule has 2 saturated heterocycles. The molecule has 6 rings (SSSR count). The quantitative estimate of drug-likeness (QED) is 0.0183. The first-order chi connectivity index (χ1) is 49.0. The molecule has 29 N–H and O–H groups in total. The van der Waals surface area contributed by atoms with Crippen molar-refractivity contribution in [3.63, 3.8) is 0 Å². The molecule has 19 atom stereocenters. The van der Waals surface area contributed by atoms with Gasteiger partial charge in [-0.3, -0.25) is 33.6 Å². The van der Waals surface area contributed by atoms with E-state index in [-0.39, 0.29) is 54.0 Å². The van der Waals surface area contributed by atoms with E-state index < -0.39 is 183 Å². The number of thiazole rings is 2. The Morgan fingerprint density at radius 3 is 2.02 bits per heavy atom. The highest BCUT2D eigenvalue weighted by atomic mass is 32.1. The van der Waals surface area contributed by atoms with Crippen molar-refractivity contribution in [3.8, 4) is 10.7 Å². The van der Waals surface area contributed by atoms with Crippen molar-refractivity contribution in [2.75, 3.05) is 71.3 Å². The summed E-state index contributed by atoms with van der Waals surface area (Å²) in [4.78, 5) is 131. The van der Waals surface area contributed by atoms with Gasteiger partial charge in [0.15, 0.2) is 18.7 Å². The van der Waals surface area contributed by atoms with Gasteiger partial charge in [-0.05, 0) is 79.2 Å². The molecule has 2 fully saturated rings. The van der Waals surface area contributed by atoms with Gasteiger partial charge in [0.1, 0.15) is 94.6 Å². The highest BCUT2D eigenvalue weighted by molar-refractivity contribution is 7.14. The van der Waals surface area contributed by atoms with Crippen molar-refractivity contribution < 1.29 is 103 Å². The number of hydrogen-bond acceptors (Lipinski definition) is 34. The fraction of sp³-hybridized carbons (Fsp3) is 0.650. The third-order valence-corrected chi connectivity index (χ3v) is 18.4. The molecule has 0 saturated carbocycles. The lowest BCUT2D eigenvalue weighted by Crippen LogP contribution is -2.65. The summed E-state index contributed by atoms with van der Waals surface area (Å²) in [6.45, 7) is 7.22. The van der Waals surface area contributed by atoms with E-state index in [1.165, 1.54) is 50.4 Å². The number of nitrogens with zero attached hydrogens (tertiary/aromatic N) is 5. The van der Waals surface area contributed by atoms with E-state index in [0.717, 1.165) is 64.4 Å². The number of aromatic amines is 1. The van der Waals surface area contributed by atoms with E-state index in [1.54, 1.807) is 10.8 Å². The van der Waals surface area contributed by atoms with Crippen LogP contribution in [0.5, 0.6) is 0 Å². The summed E-state index contributed by atoms with van der Waals surface area (Å²) < 4.78 is 28.8. The minimum atomic E-state index is -2.20. The van der Waals surface area contributed by atoms with Crippen LogP contribution >= 0.6 is 22.7 Å². The number of amides is 8. The fourth-order valence-electron chi connectivity index (χ4n) is 10.6. The van der Waals surface area contributed by atoms with Crippen LogP contribution in [0.15, 0.2) is 23.3 Å². The predicted octanol–water partition coefficient (Wildman–Crippen LogP) is -8.27. The maximum Gasteiger partial charge on any atom is 0.404 e. The standard InChI is InChI=1S/C60H96N20O21S2/c1-25-38(77-51(80-49(25)64)30(17-36(63)84)72-18-29(62)50(65)90)55(94)79-40(46(31-19-69-24-73-31)99-59-48(44(88)42(86)34(20-81)98-59)100-58-45(89)47(101-60(66)96)43(87)35(21-82)97-58)56(95)74-27(3)41(85)26(2)52(91)78-39(28(4)83)54(93)71-16-9-37-75-33(23-102-37)57-76-32(22-103-57)53(92)70-15-8-14-68-12-6-5-11-67-13-7-10-61/h19,22-24,26-30,34-35,39-48,58-59,67-68,72,81-83,85-89H,5-18,20-21,61-62H2,1-4H3,(H2,63,84)(H2,65,90)(H2,66,96)(H,69,73)(H,70,92)(H,71,93)(H,74,95)(H,78,91)(H,79,94)(H2,64,77,80)/t26-,27+,28+,29-,30-,34?,35?,39-,40-,41-,42?,43?,44?,45?,46-,47?,48?,58?,59?/m0/s1. The maximum absolute atomic E-state index is 15.2. The van der Waals surface area contributed by atoms with E-state index in [0.29, 0.717) is 28.8 Å². The summed E-state index contributed by atoms with van der Waals surface area (Å²) in [7, 11) is 0. The summed E-state index contributed by atoms with van der Waals surface area (Å²) in [5, 5.41) is 115. The molecule has 0 bridgehead atoms. The molecule has 0 aliphatic carbocycles. The number of rotatable bonds is 43. The van der Waals surface area contributed by atoms with Crippen LogP contribution < -0.4 is 76.9 Å². The van der Waals surface area contributed by atoms with Gasteiger partial charge in [0.25, 0.3) is 11.8 Å². The molecule has 103 heavy (non-hydrogen) atoms. The van der Waals surface area contributed by atoms with Crippen LogP contribution in [0.4, 0.5) is 10.6 Å². The molecule has 8 amide bonds. The van der Waals surface area contributed by atoms with Gasteiger partial charge in [-0.2, -0.15) is 0 Å². The molecular weight excluding hydrogens is 1400 g/mol.